The van der Waals surface area contributed by atoms with Gasteiger partial charge in [-0.2, -0.15) is 0 Å². The van der Waals surface area contributed by atoms with Crippen molar-refractivity contribution in [3.63, 3.8) is 0 Å². The molecule has 0 saturated heterocycles. The van der Waals surface area contributed by atoms with E-state index in [1.54, 1.807) is 12.1 Å². The molecule has 2 aliphatic rings. The van der Waals surface area contributed by atoms with E-state index in [0.29, 0.717) is 17.1 Å². The average Bonchev–Trinajstić information content (AvgIpc) is 2.72. The Morgan fingerprint density at radius 3 is 2.83 bits per heavy atom. The predicted molar refractivity (Wildman–Crippen MR) is 99.7 cm³/mol. The molecule has 1 atom stereocenters. The lowest BCUT2D eigenvalue weighted by Crippen LogP contribution is -2.48. The van der Waals surface area contributed by atoms with Crippen LogP contribution in [0.25, 0.3) is 0 Å². The lowest BCUT2D eigenvalue weighted by atomic mass is 10.0. The van der Waals surface area contributed by atoms with Crippen LogP contribution >= 0.6 is 0 Å². The highest BCUT2D eigenvalue weighted by Crippen LogP contribution is 2.37. The Morgan fingerprint density at radius 2 is 2.03 bits per heavy atom. The summed E-state index contributed by atoms with van der Waals surface area (Å²) in [5.74, 6) is -1.11. The van der Waals surface area contributed by atoms with E-state index >= 15 is 0 Å². The largest absolute Gasteiger partial charge is 0.489 e. The number of carbonyl (C=O) groups excluding carboxylic acids is 3. The molecule has 2 aromatic rings. The standard InChI is InChI=1S/C20H17FN2O6/c1-27-19(25)8-13-9-28-17-7-12(21)3-4-15(17)23(13)20(26)11-2-5-16-14(6-11)22-18(24)10-29-16/h2-7,13H,8-10H2,1H3,(H,22,24)/t13-/m0/s1. The first kappa shape index (κ1) is 18.7. The zero-order valence-electron chi connectivity index (χ0n) is 15.4. The van der Waals surface area contributed by atoms with Crippen molar-refractivity contribution < 1.29 is 33.0 Å². The van der Waals surface area contributed by atoms with Crippen LogP contribution in [0.15, 0.2) is 36.4 Å². The Labute approximate surface area is 165 Å². The molecule has 0 fully saturated rings. The number of nitrogens with zero attached hydrogens (tertiary/aromatic N) is 1. The van der Waals surface area contributed by atoms with E-state index in [2.05, 4.69) is 5.32 Å². The van der Waals surface area contributed by atoms with Gasteiger partial charge in [-0.3, -0.25) is 19.3 Å². The number of nitrogens with one attached hydrogen (secondary N) is 1. The molecule has 2 aromatic carbocycles. The quantitative estimate of drug-likeness (QED) is 0.794. The van der Waals surface area contributed by atoms with Gasteiger partial charge in [0.1, 0.15) is 23.9 Å². The van der Waals surface area contributed by atoms with Gasteiger partial charge in [0.25, 0.3) is 11.8 Å². The van der Waals surface area contributed by atoms with Gasteiger partial charge < -0.3 is 19.5 Å². The maximum absolute atomic E-state index is 13.6. The molecule has 1 N–H and O–H groups in total. The first-order valence-electron chi connectivity index (χ1n) is 8.85. The molecule has 0 aliphatic carbocycles. The average molecular weight is 400 g/mol. The number of ether oxygens (including phenoxy) is 3. The second-order valence-electron chi connectivity index (χ2n) is 6.58. The van der Waals surface area contributed by atoms with Gasteiger partial charge in [0.05, 0.1) is 30.9 Å². The second kappa shape index (κ2) is 7.42. The monoisotopic (exact) mass is 400 g/mol. The molecular formula is C20H17FN2O6. The van der Waals surface area contributed by atoms with Gasteiger partial charge in [0.15, 0.2) is 6.61 Å². The molecule has 0 bridgehead atoms. The number of esters is 1. The summed E-state index contributed by atoms with van der Waals surface area (Å²) in [6, 6.07) is 7.83. The number of carbonyl (C=O) groups is 3. The normalized spacial score (nSPS) is 17.2. The fourth-order valence-corrected chi connectivity index (χ4v) is 3.32. The topological polar surface area (TPSA) is 94.2 Å². The first-order valence-corrected chi connectivity index (χ1v) is 8.85. The first-order chi connectivity index (χ1) is 14.0. The number of fused-ring (bicyclic) bond motifs is 2. The molecule has 2 amide bonds. The minimum Gasteiger partial charge on any atom is -0.489 e. The number of anilines is 2. The smallest absolute Gasteiger partial charge is 0.307 e. The Hall–Kier alpha value is -3.62. The van der Waals surface area contributed by atoms with Crippen LogP contribution in [0.4, 0.5) is 15.8 Å². The van der Waals surface area contributed by atoms with Crippen LogP contribution in [0.5, 0.6) is 11.5 Å². The minimum absolute atomic E-state index is 0.00206. The van der Waals surface area contributed by atoms with Crippen LogP contribution in [0.1, 0.15) is 16.8 Å². The third kappa shape index (κ3) is 3.58. The molecule has 2 heterocycles. The van der Waals surface area contributed by atoms with E-state index in [1.165, 1.54) is 36.3 Å². The molecule has 0 unspecified atom stereocenters. The number of hydrogen-bond acceptors (Lipinski definition) is 6. The zero-order chi connectivity index (χ0) is 20.5. The summed E-state index contributed by atoms with van der Waals surface area (Å²) in [6.45, 7) is -0.0913. The van der Waals surface area contributed by atoms with Crippen LogP contribution in [0.3, 0.4) is 0 Å². The molecule has 9 heteroatoms. The van der Waals surface area contributed by atoms with Crippen molar-refractivity contribution in [3.8, 4) is 11.5 Å². The minimum atomic E-state index is -0.644. The summed E-state index contributed by atoms with van der Waals surface area (Å²) in [5, 5.41) is 2.65. The number of rotatable bonds is 3. The highest BCUT2D eigenvalue weighted by molar-refractivity contribution is 6.09. The summed E-state index contributed by atoms with van der Waals surface area (Å²) < 4.78 is 29.2. The number of halogens is 1. The molecule has 8 nitrogen and oxygen atoms in total. The fourth-order valence-electron chi connectivity index (χ4n) is 3.32. The molecule has 4 rings (SSSR count). The Morgan fingerprint density at radius 1 is 1.21 bits per heavy atom. The number of benzene rings is 2. The van der Waals surface area contributed by atoms with E-state index in [9.17, 15) is 18.8 Å². The van der Waals surface area contributed by atoms with E-state index in [0.717, 1.165) is 0 Å². The van der Waals surface area contributed by atoms with Crippen molar-refractivity contribution in [1.29, 1.82) is 0 Å². The summed E-state index contributed by atoms with van der Waals surface area (Å²) >= 11 is 0. The Kier molecular flexibility index (Phi) is 4.79. The number of amides is 2. The lowest BCUT2D eigenvalue weighted by Gasteiger charge is -2.36. The van der Waals surface area contributed by atoms with Gasteiger partial charge in [-0.25, -0.2) is 4.39 Å². The lowest BCUT2D eigenvalue weighted by molar-refractivity contribution is -0.141. The molecule has 2 aliphatic heterocycles. The third-order valence-corrected chi connectivity index (χ3v) is 4.69. The Bertz CT molecular complexity index is 1010. The molecule has 150 valence electrons. The van der Waals surface area contributed by atoms with Gasteiger partial charge in [-0.15, -0.1) is 0 Å². The summed E-state index contributed by atoms with van der Waals surface area (Å²) in [7, 11) is 1.26. The van der Waals surface area contributed by atoms with Crippen LogP contribution in [-0.4, -0.2) is 44.1 Å². The molecular weight excluding hydrogens is 383 g/mol. The van der Waals surface area contributed by atoms with Crippen molar-refractivity contribution in [2.45, 2.75) is 12.5 Å². The van der Waals surface area contributed by atoms with Gasteiger partial charge in [-0.1, -0.05) is 0 Å². The van der Waals surface area contributed by atoms with Crippen LogP contribution in [0.2, 0.25) is 0 Å². The van der Waals surface area contributed by atoms with Gasteiger partial charge in [0, 0.05) is 11.6 Å². The van der Waals surface area contributed by atoms with Gasteiger partial charge in [0.2, 0.25) is 0 Å². The number of methoxy groups -OCH3 is 1. The summed E-state index contributed by atoms with van der Waals surface area (Å²) in [4.78, 5) is 38.2. The molecule has 29 heavy (non-hydrogen) atoms. The van der Waals surface area contributed by atoms with E-state index in [4.69, 9.17) is 14.2 Å². The second-order valence-corrected chi connectivity index (χ2v) is 6.58. The molecule has 0 saturated carbocycles. The Balaban J connectivity index is 1.72. The summed E-state index contributed by atoms with van der Waals surface area (Å²) in [5.41, 5.74) is 0.986. The maximum Gasteiger partial charge on any atom is 0.307 e. The highest BCUT2D eigenvalue weighted by atomic mass is 19.1. The van der Waals surface area contributed by atoms with Gasteiger partial charge >= 0.3 is 5.97 Å². The number of hydrogen-bond donors (Lipinski definition) is 1. The van der Waals surface area contributed by atoms with Gasteiger partial charge in [-0.05, 0) is 30.3 Å². The highest BCUT2D eigenvalue weighted by Gasteiger charge is 2.35. The van der Waals surface area contributed by atoms with Crippen molar-refractivity contribution in [2.75, 3.05) is 30.5 Å². The van der Waals surface area contributed by atoms with Crippen molar-refractivity contribution >= 4 is 29.2 Å². The van der Waals surface area contributed by atoms with Crippen molar-refractivity contribution in [2.24, 2.45) is 0 Å². The summed E-state index contributed by atoms with van der Waals surface area (Å²) in [6.07, 6.45) is -0.0934. The van der Waals surface area contributed by atoms with E-state index < -0.39 is 23.7 Å². The van der Waals surface area contributed by atoms with E-state index in [1.807, 2.05) is 0 Å². The molecule has 0 radical (unpaired) electrons. The fraction of sp³-hybridized carbons (Fsp3) is 0.250. The zero-order valence-corrected chi connectivity index (χ0v) is 15.4. The van der Waals surface area contributed by atoms with Crippen LogP contribution < -0.4 is 19.7 Å². The van der Waals surface area contributed by atoms with E-state index in [-0.39, 0.29) is 36.9 Å². The predicted octanol–water partition coefficient (Wildman–Crippen LogP) is 2.13. The molecule has 0 spiro atoms. The maximum atomic E-state index is 13.6. The SMILES string of the molecule is COC(=O)C[C@H]1COc2cc(F)ccc2N1C(=O)c1ccc2c(c1)NC(=O)CO2. The molecule has 0 aromatic heterocycles. The third-order valence-electron chi connectivity index (χ3n) is 4.69. The van der Waals surface area contributed by atoms with Crippen LogP contribution in [0, 0.1) is 5.82 Å². The van der Waals surface area contributed by atoms with Crippen LogP contribution in [-0.2, 0) is 14.3 Å². The van der Waals surface area contributed by atoms with Crippen molar-refractivity contribution in [3.05, 3.63) is 47.8 Å². The van der Waals surface area contributed by atoms with Crippen molar-refractivity contribution in [1.82, 2.24) is 0 Å².